The number of halogens is 1. The summed E-state index contributed by atoms with van der Waals surface area (Å²) in [6, 6.07) is 0. The van der Waals surface area contributed by atoms with Gasteiger partial charge >= 0.3 is 0 Å². The Kier molecular flexibility index (Phi) is 8.53. The molecule has 2 saturated heterocycles. The van der Waals surface area contributed by atoms with Gasteiger partial charge in [0.15, 0.2) is 5.96 Å². The van der Waals surface area contributed by atoms with E-state index in [1.807, 2.05) is 0 Å². The monoisotopic (exact) mass is 460 g/mol. The second kappa shape index (κ2) is 9.38. The maximum absolute atomic E-state index is 11.3. The highest BCUT2D eigenvalue weighted by Crippen LogP contribution is 2.38. The molecular formula is C14H29IN4O3S. The quantitative estimate of drug-likeness (QED) is 0.263. The Balaban J connectivity index is 0.00000264. The molecule has 0 bridgehead atoms. The highest BCUT2D eigenvalue weighted by atomic mass is 127. The Morgan fingerprint density at radius 1 is 1.35 bits per heavy atom. The first-order chi connectivity index (χ1) is 10.5. The van der Waals surface area contributed by atoms with E-state index in [2.05, 4.69) is 19.9 Å². The topological polar surface area (TPSA) is 83.0 Å². The maximum Gasteiger partial charge on any atom is 0.211 e. The largest absolute Gasteiger partial charge is 0.381 e. The van der Waals surface area contributed by atoms with Crippen LogP contribution in [-0.2, 0) is 14.8 Å². The minimum atomic E-state index is -3.09. The Labute approximate surface area is 156 Å². The second-order valence-corrected chi connectivity index (χ2v) is 8.19. The van der Waals surface area contributed by atoms with Crippen LogP contribution in [-0.4, -0.2) is 71.5 Å². The molecule has 0 aromatic carbocycles. The van der Waals surface area contributed by atoms with Crippen LogP contribution in [0.3, 0.4) is 0 Å². The molecule has 1 atom stereocenters. The summed E-state index contributed by atoms with van der Waals surface area (Å²) in [5.41, 5.74) is 0.314. The zero-order valence-corrected chi connectivity index (χ0v) is 17.2. The van der Waals surface area contributed by atoms with Crippen LogP contribution in [0.4, 0.5) is 0 Å². The summed E-state index contributed by atoms with van der Waals surface area (Å²) in [4.78, 5) is 6.62. The van der Waals surface area contributed by atoms with E-state index in [0.717, 1.165) is 51.5 Å². The Morgan fingerprint density at radius 2 is 2.13 bits per heavy atom. The summed E-state index contributed by atoms with van der Waals surface area (Å²) in [6.45, 7) is 6.53. The van der Waals surface area contributed by atoms with Gasteiger partial charge in [0.05, 0.1) is 12.4 Å². The Hall–Kier alpha value is -0.130. The molecule has 9 heteroatoms. The van der Waals surface area contributed by atoms with Gasteiger partial charge in [-0.25, -0.2) is 13.1 Å². The molecule has 0 radical (unpaired) electrons. The first kappa shape index (κ1) is 20.9. The van der Waals surface area contributed by atoms with E-state index in [0.29, 0.717) is 18.5 Å². The molecule has 0 amide bonds. The summed E-state index contributed by atoms with van der Waals surface area (Å²) >= 11 is 0. The van der Waals surface area contributed by atoms with Crippen LogP contribution in [0.5, 0.6) is 0 Å². The van der Waals surface area contributed by atoms with Gasteiger partial charge in [-0.3, -0.25) is 4.99 Å². The smallest absolute Gasteiger partial charge is 0.211 e. The van der Waals surface area contributed by atoms with Crippen LogP contribution in [0.25, 0.3) is 0 Å². The first-order valence-electron chi connectivity index (χ1n) is 8.01. The molecule has 2 fully saturated rings. The van der Waals surface area contributed by atoms with E-state index in [4.69, 9.17) is 4.74 Å². The summed E-state index contributed by atoms with van der Waals surface area (Å²) < 4.78 is 30.8. The van der Waals surface area contributed by atoms with Gasteiger partial charge in [-0.15, -0.1) is 24.0 Å². The summed E-state index contributed by atoms with van der Waals surface area (Å²) in [7, 11) is -1.30. The number of nitrogens with zero attached hydrogens (tertiary/aromatic N) is 2. The molecule has 136 valence electrons. The Bertz CT molecular complexity index is 492. The van der Waals surface area contributed by atoms with Gasteiger partial charge in [0.2, 0.25) is 10.0 Å². The molecule has 2 aliphatic heterocycles. The van der Waals surface area contributed by atoms with E-state index in [9.17, 15) is 8.42 Å². The number of likely N-dealkylation sites (tertiary alicyclic amines) is 1. The minimum Gasteiger partial charge on any atom is -0.381 e. The van der Waals surface area contributed by atoms with Crippen molar-refractivity contribution in [3.63, 3.8) is 0 Å². The van der Waals surface area contributed by atoms with Crippen molar-refractivity contribution in [1.29, 1.82) is 0 Å². The summed E-state index contributed by atoms with van der Waals surface area (Å²) in [5.74, 6) is 1.03. The fourth-order valence-corrected chi connectivity index (χ4v) is 3.70. The molecule has 23 heavy (non-hydrogen) atoms. The van der Waals surface area contributed by atoms with Crippen LogP contribution in [0.15, 0.2) is 4.99 Å². The highest BCUT2D eigenvalue weighted by Gasteiger charge is 2.42. The van der Waals surface area contributed by atoms with Gasteiger partial charge in [-0.2, -0.15) is 0 Å². The molecule has 0 aromatic rings. The van der Waals surface area contributed by atoms with Crippen LogP contribution in [0, 0.1) is 5.41 Å². The molecule has 2 aliphatic rings. The van der Waals surface area contributed by atoms with Crippen molar-refractivity contribution in [1.82, 2.24) is 14.9 Å². The maximum atomic E-state index is 11.3. The van der Waals surface area contributed by atoms with Gasteiger partial charge in [-0.1, -0.05) is 0 Å². The van der Waals surface area contributed by atoms with Crippen molar-refractivity contribution in [2.45, 2.75) is 26.2 Å². The fourth-order valence-electron chi connectivity index (χ4n) is 3.04. The van der Waals surface area contributed by atoms with Crippen LogP contribution in [0.1, 0.15) is 26.2 Å². The number of guanidine groups is 1. The van der Waals surface area contributed by atoms with Gasteiger partial charge in [0, 0.05) is 45.2 Å². The molecule has 0 saturated carbocycles. The number of nitrogens with one attached hydrogen (secondary N) is 2. The van der Waals surface area contributed by atoms with Crippen molar-refractivity contribution in [3.05, 3.63) is 0 Å². The average molecular weight is 460 g/mol. The number of hydrogen-bond donors (Lipinski definition) is 2. The van der Waals surface area contributed by atoms with E-state index < -0.39 is 10.0 Å². The molecule has 2 heterocycles. The zero-order valence-electron chi connectivity index (χ0n) is 14.0. The van der Waals surface area contributed by atoms with Crippen molar-refractivity contribution in [2.24, 2.45) is 10.4 Å². The molecule has 1 spiro atoms. The molecule has 2 N–H and O–H groups in total. The van der Waals surface area contributed by atoms with Crippen LogP contribution >= 0.6 is 24.0 Å². The number of rotatable bonds is 6. The third kappa shape index (κ3) is 6.02. The lowest BCUT2D eigenvalue weighted by molar-refractivity contribution is 0.156. The standard InChI is InChI=1S/C14H28N4O3S.HI/c1-3-22(19,20)17-8-4-7-16-13(15-2)18-9-5-14(11-18)6-10-21-12-14;/h17H,3-12H2,1-2H3,(H,15,16);1H. The number of hydrogen-bond acceptors (Lipinski definition) is 4. The lowest BCUT2D eigenvalue weighted by Crippen LogP contribution is -2.42. The van der Waals surface area contributed by atoms with E-state index >= 15 is 0 Å². The molecule has 7 nitrogen and oxygen atoms in total. The fraction of sp³-hybridized carbons (Fsp3) is 0.929. The second-order valence-electron chi connectivity index (χ2n) is 6.10. The minimum absolute atomic E-state index is 0. The molecule has 1 unspecified atom stereocenters. The van der Waals surface area contributed by atoms with E-state index in [1.54, 1.807) is 14.0 Å². The summed E-state index contributed by atoms with van der Waals surface area (Å²) in [5, 5.41) is 3.32. The average Bonchev–Trinajstić information content (AvgIpc) is 3.13. The van der Waals surface area contributed by atoms with Crippen molar-refractivity contribution >= 4 is 40.0 Å². The number of ether oxygens (including phenoxy) is 1. The zero-order chi connectivity index (χ0) is 16.1. The van der Waals surface area contributed by atoms with Crippen molar-refractivity contribution in [2.75, 3.05) is 52.2 Å². The molecule has 0 aromatic heterocycles. The van der Waals surface area contributed by atoms with Gasteiger partial charge in [0.25, 0.3) is 0 Å². The number of aliphatic imine (C=N–C) groups is 1. The summed E-state index contributed by atoms with van der Waals surface area (Å²) in [6.07, 6.45) is 3.03. The van der Waals surface area contributed by atoms with Crippen molar-refractivity contribution in [3.8, 4) is 0 Å². The van der Waals surface area contributed by atoms with Gasteiger partial charge in [-0.05, 0) is 26.2 Å². The van der Waals surface area contributed by atoms with Crippen LogP contribution in [0.2, 0.25) is 0 Å². The normalized spacial score (nSPS) is 25.0. The lowest BCUT2D eigenvalue weighted by atomic mass is 9.87. The van der Waals surface area contributed by atoms with E-state index in [-0.39, 0.29) is 29.7 Å². The predicted molar refractivity (Wildman–Crippen MR) is 103 cm³/mol. The van der Waals surface area contributed by atoms with Crippen molar-refractivity contribution < 1.29 is 13.2 Å². The number of sulfonamides is 1. The van der Waals surface area contributed by atoms with Gasteiger partial charge < -0.3 is 15.0 Å². The SMILES string of the molecule is CCS(=O)(=O)NCCCNC(=NC)N1CCC2(CCOC2)C1.I. The van der Waals surface area contributed by atoms with Gasteiger partial charge in [0.1, 0.15) is 0 Å². The molecule has 2 rings (SSSR count). The first-order valence-corrected chi connectivity index (χ1v) is 9.66. The predicted octanol–water partition coefficient (Wildman–Crippen LogP) is 0.622. The third-order valence-corrected chi connectivity index (χ3v) is 5.88. The highest BCUT2D eigenvalue weighted by molar-refractivity contribution is 14.0. The lowest BCUT2D eigenvalue weighted by Gasteiger charge is -2.24. The molecule has 0 aliphatic carbocycles. The van der Waals surface area contributed by atoms with Crippen LogP contribution < -0.4 is 10.0 Å². The Morgan fingerprint density at radius 3 is 2.74 bits per heavy atom. The third-order valence-electron chi connectivity index (χ3n) is 4.47. The molecular weight excluding hydrogens is 431 g/mol. The van der Waals surface area contributed by atoms with E-state index in [1.165, 1.54) is 0 Å².